The highest BCUT2D eigenvalue weighted by molar-refractivity contribution is 14.1. The smallest absolute Gasteiger partial charge is 0.0655 e. The van der Waals surface area contributed by atoms with Crippen LogP contribution in [-0.4, -0.2) is 13.7 Å². The Balaban J connectivity index is 2.87. The molecule has 0 amide bonds. The van der Waals surface area contributed by atoms with E-state index >= 15 is 0 Å². The van der Waals surface area contributed by atoms with Gasteiger partial charge in [-0.3, -0.25) is 0 Å². The SMILES string of the molecule is COCC(N)c1cc(I)cc(I)c1. The third-order valence-corrected chi connectivity index (χ3v) is 2.90. The molecule has 72 valence electrons. The van der Waals surface area contributed by atoms with E-state index < -0.39 is 0 Å². The van der Waals surface area contributed by atoms with Gasteiger partial charge in [0.2, 0.25) is 0 Å². The summed E-state index contributed by atoms with van der Waals surface area (Å²) in [6.07, 6.45) is 0. The van der Waals surface area contributed by atoms with E-state index in [0.29, 0.717) is 6.61 Å². The Kier molecular flexibility index (Phi) is 4.91. The largest absolute Gasteiger partial charge is 0.383 e. The van der Waals surface area contributed by atoms with E-state index in [4.69, 9.17) is 10.5 Å². The van der Waals surface area contributed by atoms with Crippen molar-refractivity contribution in [1.82, 2.24) is 0 Å². The summed E-state index contributed by atoms with van der Waals surface area (Å²) in [5.41, 5.74) is 7.05. The lowest BCUT2D eigenvalue weighted by molar-refractivity contribution is 0.181. The fourth-order valence-electron chi connectivity index (χ4n) is 1.07. The Morgan fingerprint density at radius 3 is 2.31 bits per heavy atom. The number of ether oxygens (including phenoxy) is 1. The number of benzene rings is 1. The summed E-state index contributed by atoms with van der Waals surface area (Å²) < 4.78 is 7.44. The van der Waals surface area contributed by atoms with Crippen molar-refractivity contribution in [2.75, 3.05) is 13.7 Å². The molecular weight excluding hydrogens is 392 g/mol. The second kappa shape index (κ2) is 5.47. The zero-order valence-electron chi connectivity index (χ0n) is 7.26. The van der Waals surface area contributed by atoms with E-state index in [1.807, 2.05) is 0 Å². The average molecular weight is 403 g/mol. The van der Waals surface area contributed by atoms with Crippen LogP contribution in [-0.2, 0) is 4.74 Å². The van der Waals surface area contributed by atoms with Gasteiger partial charge in [-0.2, -0.15) is 0 Å². The highest BCUT2D eigenvalue weighted by atomic mass is 127. The lowest BCUT2D eigenvalue weighted by Gasteiger charge is -2.11. The molecular formula is C9H11I2NO. The first-order valence-corrected chi connectivity index (χ1v) is 5.99. The van der Waals surface area contributed by atoms with Gasteiger partial charge in [0, 0.05) is 14.3 Å². The van der Waals surface area contributed by atoms with Gasteiger partial charge in [-0.25, -0.2) is 0 Å². The highest BCUT2D eigenvalue weighted by Gasteiger charge is 2.06. The minimum Gasteiger partial charge on any atom is -0.383 e. The molecule has 0 aliphatic carbocycles. The number of rotatable bonds is 3. The number of hydrogen-bond acceptors (Lipinski definition) is 2. The lowest BCUT2D eigenvalue weighted by Crippen LogP contribution is -2.16. The zero-order chi connectivity index (χ0) is 9.84. The maximum absolute atomic E-state index is 5.91. The van der Waals surface area contributed by atoms with Crippen molar-refractivity contribution in [2.24, 2.45) is 5.73 Å². The van der Waals surface area contributed by atoms with Crippen molar-refractivity contribution in [3.05, 3.63) is 30.9 Å². The molecule has 0 aliphatic heterocycles. The standard InChI is InChI=1S/C9H11I2NO/c1-13-5-9(12)6-2-7(10)4-8(11)3-6/h2-4,9H,5,12H2,1H3. The number of nitrogens with two attached hydrogens (primary N) is 1. The van der Waals surface area contributed by atoms with Gasteiger partial charge in [0.15, 0.2) is 0 Å². The molecule has 2 N–H and O–H groups in total. The quantitative estimate of drug-likeness (QED) is 0.788. The molecule has 0 bridgehead atoms. The minimum absolute atomic E-state index is 0.0202. The molecule has 1 atom stereocenters. The summed E-state index contributed by atoms with van der Waals surface area (Å²) >= 11 is 4.58. The van der Waals surface area contributed by atoms with E-state index in [-0.39, 0.29) is 6.04 Å². The van der Waals surface area contributed by atoms with Crippen LogP contribution in [0.5, 0.6) is 0 Å². The van der Waals surface area contributed by atoms with Gasteiger partial charge in [-0.05, 0) is 68.9 Å². The number of halogens is 2. The van der Waals surface area contributed by atoms with Gasteiger partial charge < -0.3 is 10.5 Å². The van der Waals surface area contributed by atoms with Crippen LogP contribution < -0.4 is 5.73 Å². The second-order valence-electron chi connectivity index (χ2n) is 2.76. The third kappa shape index (κ3) is 3.69. The van der Waals surface area contributed by atoms with Crippen LogP contribution in [0.1, 0.15) is 11.6 Å². The molecule has 2 nitrogen and oxygen atoms in total. The lowest BCUT2D eigenvalue weighted by atomic mass is 10.1. The fourth-order valence-corrected chi connectivity index (χ4v) is 3.05. The summed E-state index contributed by atoms with van der Waals surface area (Å²) in [7, 11) is 1.67. The monoisotopic (exact) mass is 403 g/mol. The zero-order valence-corrected chi connectivity index (χ0v) is 11.6. The van der Waals surface area contributed by atoms with Crippen LogP contribution in [0, 0.1) is 7.14 Å². The Morgan fingerprint density at radius 1 is 1.31 bits per heavy atom. The van der Waals surface area contributed by atoms with Gasteiger partial charge in [-0.15, -0.1) is 0 Å². The molecule has 4 heteroatoms. The maximum atomic E-state index is 5.91. The second-order valence-corrected chi connectivity index (χ2v) is 5.26. The van der Waals surface area contributed by atoms with E-state index in [1.54, 1.807) is 7.11 Å². The molecule has 0 heterocycles. The van der Waals surface area contributed by atoms with Crippen molar-refractivity contribution >= 4 is 45.2 Å². The molecule has 0 saturated heterocycles. The van der Waals surface area contributed by atoms with Crippen molar-refractivity contribution in [2.45, 2.75) is 6.04 Å². The first kappa shape index (κ1) is 11.7. The fraction of sp³-hybridized carbons (Fsp3) is 0.333. The summed E-state index contributed by atoms with van der Waals surface area (Å²) in [6.45, 7) is 0.566. The van der Waals surface area contributed by atoms with Crippen LogP contribution in [0.25, 0.3) is 0 Å². The first-order chi connectivity index (χ1) is 6.13. The highest BCUT2D eigenvalue weighted by Crippen LogP contribution is 2.18. The van der Waals surface area contributed by atoms with E-state index in [0.717, 1.165) is 5.56 Å². The van der Waals surface area contributed by atoms with Crippen molar-refractivity contribution in [3.8, 4) is 0 Å². The Bertz CT molecular complexity index is 271. The first-order valence-electron chi connectivity index (χ1n) is 3.84. The summed E-state index contributed by atoms with van der Waals surface area (Å²) in [4.78, 5) is 0. The van der Waals surface area contributed by atoms with Gasteiger partial charge in [0.05, 0.1) is 12.6 Å². The average Bonchev–Trinajstić information content (AvgIpc) is 2.03. The Labute approximate surface area is 106 Å². The predicted molar refractivity (Wildman–Crippen MR) is 70.7 cm³/mol. The van der Waals surface area contributed by atoms with Crippen LogP contribution in [0.15, 0.2) is 18.2 Å². The number of methoxy groups -OCH3 is 1. The van der Waals surface area contributed by atoms with Crippen molar-refractivity contribution in [1.29, 1.82) is 0 Å². The third-order valence-electron chi connectivity index (χ3n) is 1.66. The predicted octanol–water partition coefficient (Wildman–Crippen LogP) is 2.54. The summed E-state index contributed by atoms with van der Waals surface area (Å²) in [6, 6.07) is 6.27. The number of hydrogen-bond donors (Lipinski definition) is 1. The van der Waals surface area contributed by atoms with Crippen molar-refractivity contribution in [3.63, 3.8) is 0 Å². The Hall–Kier alpha value is 0.600. The van der Waals surface area contributed by atoms with Gasteiger partial charge in [0.25, 0.3) is 0 Å². The molecule has 0 saturated carbocycles. The molecule has 0 aliphatic rings. The molecule has 0 spiro atoms. The van der Waals surface area contributed by atoms with Gasteiger partial charge >= 0.3 is 0 Å². The van der Waals surface area contributed by atoms with Crippen LogP contribution in [0.3, 0.4) is 0 Å². The molecule has 0 radical (unpaired) electrons. The molecule has 1 rings (SSSR count). The summed E-state index contributed by atoms with van der Waals surface area (Å²) in [5, 5.41) is 0. The maximum Gasteiger partial charge on any atom is 0.0655 e. The van der Waals surface area contributed by atoms with Crippen molar-refractivity contribution < 1.29 is 4.74 Å². The minimum atomic E-state index is -0.0202. The van der Waals surface area contributed by atoms with Crippen LogP contribution >= 0.6 is 45.2 Å². The van der Waals surface area contributed by atoms with E-state index in [9.17, 15) is 0 Å². The molecule has 1 aromatic carbocycles. The summed E-state index contributed by atoms with van der Waals surface area (Å²) in [5.74, 6) is 0. The Morgan fingerprint density at radius 2 is 1.85 bits per heavy atom. The van der Waals surface area contributed by atoms with E-state index in [1.165, 1.54) is 7.14 Å². The molecule has 0 aromatic heterocycles. The van der Waals surface area contributed by atoms with E-state index in [2.05, 4.69) is 63.4 Å². The normalized spacial score (nSPS) is 12.9. The molecule has 1 aromatic rings. The topological polar surface area (TPSA) is 35.2 Å². The van der Waals surface area contributed by atoms with Crippen LogP contribution in [0.4, 0.5) is 0 Å². The van der Waals surface area contributed by atoms with Gasteiger partial charge in [-0.1, -0.05) is 0 Å². The van der Waals surface area contributed by atoms with Gasteiger partial charge in [0.1, 0.15) is 0 Å². The van der Waals surface area contributed by atoms with Crippen LogP contribution in [0.2, 0.25) is 0 Å². The molecule has 13 heavy (non-hydrogen) atoms. The molecule has 1 unspecified atom stereocenters. The molecule has 0 fully saturated rings.